The van der Waals surface area contributed by atoms with Gasteiger partial charge in [-0.1, -0.05) is 0 Å². The van der Waals surface area contributed by atoms with E-state index in [1.54, 1.807) is 13.0 Å². The van der Waals surface area contributed by atoms with E-state index in [0.29, 0.717) is 10.1 Å². The molecule has 0 saturated heterocycles. The lowest BCUT2D eigenvalue weighted by Gasteiger charge is -2.02. The van der Waals surface area contributed by atoms with Crippen molar-refractivity contribution in [2.24, 2.45) is 0 Å². The monoisotopic (exact) mass is 204 g/mol. The summed E-state index contributed by atoms with van der Waals surface area (Å²) in [6, 6.07) is 4.49. The van der Waals surface area contributed by atoms with Gasteiger partial charge in [0.25, 0.3) is 5.69 Å². The maximum atomic E-state index is 11.1. The van der Waals surface area contributed by atoms with Gasteiger partial charge in [-0.15, -0.1) is 0 Å². The van der Waals surface area contributed by atoms with E-state index in [0.717, 1.165) is 10.9 Å². The van der Waals surface area contributed by atoms with E-state index in [1.165, 1.54) is 24.5 Å². The minimum Gasteiger partial charge on any atom is -0.619 e. The van der Waals surface area contributed by atoms with Crippen LogP contribution in [0.3, 0.4) is 0 Å². The van der Waals surface area contributed by atoms with Crippen molar-refractivity contribution < 1.29 is 9.65 Å². The van der Waals surface area contributed by atoms with Gasteiger partial charge in [-0.05, 0) is 18.4 Å². The van der Waals surface area contributed by atoms with E-state index in [1.807, 2.05) is 0 Å². The molecule has 0 aliphatic rings. The van der Waals surface area contributed by atoms with Crippen LogP contribution in [0, 0.1) is 22.2 Å². The standard InChI is InChI=1S/C10H8N2O3/c1-7-5-11(13)6-8-4-9(12(14)15)2-3-10(7)8/h2-6H,1H3. The number of benzene rings is 1. The SMILES string of the molecule is Cc1c[n+]([O-])cc2cc([N+](=O)[O-])ccc12. The first-order valence-electron chi connectivity index (χ1n) is 4.35. The predicted molar refractivity (Wildman–Crippen MR) is 54.3 cm³/mol. The van der Waals surface area contributed by atoms with Gasteiger partial charge in [0, 0.05) is 17.7 Å². The molecule has 0 unspecified atom stereocenters. The quantitative estimate of drug-likeness (QED) is 0.307. The molecule has 0 radical (unpaired) electrons. The zero-order valence-electron chi connectivity index (χ0n) is 8.01. The predicted octanol–water partition coefficient (Wildman–Crippen LogP) is 1.69. The summed E-state index contributed by atoms with van der Waals surface area (Å²) in [6.45, 7) is 1.79. The molecule has 15 heavy (non-hydrogen) atoms. The Kier molecular flexibility index (Phi) is 2.00. The lowest BCUT2D eigenvalue weighted by molar-refractivity contribution is -0.604. The molecule has 76 valence electrons. The highest BCUT2D eigenvalue weighted by Gasteiger charge is 2.09. The Morgan fingerprint density at radius 2 is 2.07 bits per heavy atom. The molecule has 0 aliphatic heterocycles. The molecule has 0 spiro atoms. The third kappa shape index (κ3) is 1.59. The molecule has 0 bridgehead atoms. The lowest BCUT2D eigenvalue weighted by atomic mass is 10.1. The van der Waals surface area contributed by atoms with Gasteiger partial charge in [0.15, 0.2) is 12.4 Å². The number of fused-ring (bicyclic) bond motifs is 1. The van der Waals surface area contributed by atoms with Crippen LogP contribution >= 0.6 is 0 Å². The topological polar surface area (TPSA) is 70.1 Å². The average molecular weight is 204 g/mol. The van der Waals surface area contributed by atoms with Gasteiger partial charge in [-0.3, -0.25) is 10.1 Å². The smallest absolute Gasteiger partial charge is 0.270 e. The molecule has 5 heteroatoms. The van der Waals surface area contributed by atoms with Gasteiger partial charge in [0.05, 0.1) is 10.3 Å². The largest absolute Gasteiger partial charge is 0.619 e. The van der Waals surface area contributed by atoms with Crippen molar-refractivity contribution in [1.29, 1.82) is 0 Å². The fraction of sp³-hybridized carbons (Fsp3) is 0.100. The van der Waals surface area contributed by atoms with Crippen LogP contribution in [-0.4, -0.2) is 4.92 Å². The molecule has 1 aromatic heterocycles. The molecule has 0 saturated carbocycles. The van der Waals surface area contributed by atoms with Crippen LogP contribution < -0.4 is 4.73 Å². The number of nitro benzene ring substituents is 1. The van der Waals surface area contributed by atoms with Gasteiger partial charge < -0.3 is 5.21 Å². The van der Waals surface area contributed by atoms with E-state index in [4.69, 9.17) is 0 Å². The maximum absolute atomic E-state index is 11.1. The van der Waals surface area contributed by atoms with E-state index in [2.05, 4.69) is 0 Å². The van der Waals surface area contributed by atoms with E-state index in [-0.39, 0.29) is 5.69 Å². The molecule has 1 heterocycles. The van der Waals surface area contributed by atoms with Gasteiger partial charge in [-0.2, -0.15) is 4.73 Å². The highest BCUT2D eigenvalue weighted by Crippen LogP contribution is 2.21. The third-order valence-corrected chi connectivity index (χ3v) is 2.26. The summed E-state index contributed by atoms with van der Waals surface area (Å²) in [5.41, 5.74) is 0.797. The van der Waals surface area contributed by atoms with Gasteiger partial charge in [0.2, 0.25) is 0 Å². The normalized spacial score (nSPS) is 10.5. The van der Waals surface area contributed by atoms with Crippen molar-refractivity contribution in [3.05, 3.63) is 51.5 Å². The number of aryl methyl sites for hydroxylation is 1. The number of pyridine rings is 1. The summed E-state index contributed by atoms with van der Waals surface area (Å²) in [6.07, 6.45) is 2.77. The van der Waals surface area contributed by atoms with Crippen LogP contribution in [-0.2, 0) is 0 Å². The first kappa shape index (κ1) is 9.39. The summed E-state index contributed by atoms with van der Waals surface area (Å²) in [7, 11) is 0. The second-order valence-corrected chi connectivity index (χ2v) is 3.33. The number of hydrogen-bond donors (Lipinski definition) is 0. The van der Waals surface area contributed by atoms with Crippen LogP contribution in [0.25, 0.3) is 10.8 Å². The zero-order valence-corrected chi connectivity index (χ0v) is 8.01. The zero-order chi connectivity index (χ0) is 11.0. The van der Waals surface area contributed by atoms with Crippen molar-refractivity contribution in [1.82, 2.24) is 0 Å². The molecular formula is C10H8N2O3. The second kappa shape index (κ2) is 3.20. The molecule has 0 aliphatic carbocycles. The lowest BCUT2D eigenvalue weighted by Crippen LogP contribution is -2.24. The highest BCUT2D eigenvalue weighted by atomic mass is 16.6. The Bertz CT molecular complexity index is 552. The summed E-state index contributed by atoms with van der Waals surface area (Å²) in [4.78, 5) is 10.1. The van der Waals surface area contributed by atoms with Crippen LogP contribution in [0.5, 0.6) is 0 Å². The molecule has 1 aromatic carbocycles. The number of nitrogens with zero attached hydrogens (tertiary/aromatic N) is 2. The Hall–Kier alpha value is -2.17. The van der Waals surface area contributed by atoms with Gasteiger partial charge in [-0.25, -0.2) is 0 Å². The molecule has 0 atom stereocenters. The molecular weight excluding hydrogens is 196 g/mol. The highest BCUT2D eigenvalue weighted by molar-refractivity contribution is 5.85. The van der Waals surface area contributed by atoms with Crippen molar-refractivity contribution in [3.8, 4) is 0 Å². The summed E-state index contributed by atoms with van der Waals surface area (Å²) < 4.78 is 0.654. The third-order valence-electron chi connectivity index (χ3n) is 2.26. The molecule has 0 amide bonds. The number of rotatable bonds is 1. The number of nitro groups is 1. The van der Waals surface area contributed by atoms with Crippen molar-refractivity contribution in [2.45, 2.75) is 6.92 Å². The molecule has 2 rings (SSSR count). The first-order chi connectivity index (χ1) is 7.08. The van der Waals surface area contributed by atoms with Crippen molar-refractivity contribution >= 4 is 16.5 Å². The van der Waals surface area contributed by atoms with Crippen molar-refractivity contribution in [2.75, 3.05) is 0 Å². The number of aromatic nitrogens is 1. The Morgan fingerprint density at radius 1 is 1.33 bits per heavy atom. The number of hydrogen-bond acceptors (Lipinski definition) is 3. The minimum atomic E-state index is -0.475. The first-order valence-corrected chi connectivity index (χ1v) is 4.35. The number of non-ortho nitro benzene ring substituents is 1. The van der Waals surface area contributed by atoms with E-state index >= 15 is 0 Å². The van der Waals surface area contributed by atoms with Gasteiger partial charge >= 0.3 is 0 Å². The summed E-state index contributed by atoms with van der Waals surface area (Å²) in [5, 5.41) is 23.1. The maximum Gasteiger partial charge on any atom is 0.270 e. The van der Waals surface area contributed by atoms with Crippen molar-refractivity contribution in [3.63, 3.8) is 0 Å². The van der Waals surface area contributed by atoms with Crippen LogP contribution in [0.15, 0.2) is 30.6 Å². The summed E-state index contributed by atoms with van der Waals surface area (Å²) in [5.74, 6) is 0. The molecule has 0 fully saturated rings. The molecule has 5 nitrogen and oxygen atoms in total. The second-order valence-electron chi connectivity index (χ2n) is 3.33. The average Bonchev–Trinajstić information content (AvgIpc) is 2.16. The van der Waals surface area contributed by atoms with Crippen LogP contribution in [0.4, 0.5) is 5.69 Å². The molecule has 2 aromatic rings. The minimum absolute atomic E-state index is 0.00639. The fourth-order valence-corrected chi connectivity index (χ4v) is 1.56. The fourth-order valence-electron chi connectivity index (χ4n) is 1.56. The summed E-state index contributed by atoms with van der Waals surface area (Å²) >= 11 is 0. The van der Waals surface area contributed by atoms with E-state index in [9.17, 15) is 15.3 Å². The van der Waals surface area contributed by atoms with E-state index < -0.39 is 4.92 Å². The Morgan fingerprint density at radius 3 is 2.73 bits per heavy atom. The molecule has 0 N–H and O–H groups in total. The van der Waals surface area contributed by atoms with Crippen LogP contribution in [0.2, 0.25) is 0 Å². The van der Waals surface area contributed by atoms with Gasteiger partial charge in [0.1, 0.15) is 0 Å². The van der Waals surface area contributed by atoms with Crippen LogP contribution in [0.1, 0.15) is 5.56 Å². The Labute approximate surface area is 85.3 Å². The Balaban J connectivity index is 2.76.